The average Bonchev–Trinajstić information content (AvgIpc) is 3.23. The normalized spacial score (nSPS) is 21.9. The van der Waals surface area contributed by atoms with Crippen LogP contribution in [0.4, 0.5) is 8.78 Å². The molecule has 9 heteroatoms. The highest BCUT2D eigenvalue weighted by molar-refractivity contribution is 8.01. The van der Waals surface area contributed by atoms with Crippen LogP contribution in [0.5, 0.6) is 0 Å². The van der Waals surface area contributed by atoms with Gasteiger partial charge >= 0.3 is 5.97 Å². The summed E-state index contributed by atoms with van der Waals surface area (Å²) in [6.07, 6.45) is 4.27. The molecule has 1 aliphatic rings. The van der Waals surface area contributed by atoms with Crippen molar-refractivity contribution in [1.82, 2.24) is 4.98 Å². The Labute approximate surface area is 177 Å². The number of aromatic nitrogens is 1. The van der Waals surface area contributed by atoms with Gasteiger partial charge in [0.1, 0.15) is 5.78 Å². The average molecular weight is 448 g/mol. The van der Waals surface area contributed by atoms with E-state index in [2.05, 4.69) is 4.98 Å². The Kier molecular flexibility index (Phi) is 9.23. The van der Waals surface area contributed by atoms with Crippen LogP contribution in [0.3, 0.4) is 0 Å². The monoisotopic (exact) mass is 447 g/mol. The van der Waals surface area contributed by atoms with Crippen LogP contribution in [0.25, 0.3) is 0 Å². The lowest BCUT2D eigenvalue weighted by molar-refractivity contribution is -0.121. The molecule has 1 heterocycles. The molecule has 1 aromatic rings. The first-order valence-electron chi connectivity index (χ1n) is 9.69. The molecule has 0 aromatic carbocycles. The number of hydrogen-bond acceptors (Lipinski definition) is 6. The molecule has 162 valence electrons. The summed E-state index contributed by atoms with van der Waals surface area (Å²) in [6.45, 7) is 1.65. The SMILES string of the molecule is CC(O)(CC=C[C@H]1CCC(=O)[C@@H]1CCSc1nc(C(=O)O)cs1)CCCC(F)F. The van der Waals surface area contributed by atoms with Gasteiger partial charge < -0.3 is 10.2 Å². The lowest BCUT2D eigenvalue weighted by Crippen LogP contribution is -2.23. The highest BCUT2D eigenvalue weighted by Gasteiger charge is 2.32. The van der Waals surface area contributed by atoms with Gasteiger partial charge in [0.05, 0.1) is 5.60 Å². The Bertz CT molecular complexity index is 721. The summed E-state index contributed by atoms with van der Waals surface area (Å²) in [4.78, 5) is 27.1. The van der Waals surface area contributed by atoms with Crippen LogP contribution in [0, 0.1) is 11.8 Å². The third kappa shape index (κ3) is 8.14. The fraction of sp³-hybridized carbons (Fsp3) is 0.650. The number of allylic oxidation sites excluding steroid dienone is 1. The zero-order valence-corrected chi connectivity index (χ0v) is 18.0. The molecule has 1 aliphatic carbocycles. The summed E-state index contributed by atoms with van der Waals surface area (Å²) in [6, 6.07) is 0. The van der Waals surface area contributed by atoms with Crippen LogP contribution in [-0.2, 0) is 4.79 Å². The third-order valence-corrected chi connectivity index (χ3v) is 7.14. The van der Waals surface area contributed by atoms with Crippen LogP contribution in [0.2, 0.25) is 0 Å². The minimum Gasteiger partial charge on any atom is -0.476 e. The molecule has 1 saturated carbocycles. The number of thiazole rings is 1. The number of ketones is 1. The lowest BCUT2D eigenvalue weighted by atomic mass is 9.90. The first kappa shape index (κ1) is 24.0. The first-order valence-corrected chi connectivity index (χ1v) is 11.6. The smallest absolute Gasteiger partial charge is 0.355 e. The zero-order chi connectivity index (χ0) is 21.4. The van der Waals surface area contributed by atoms with Crippen molar-refractivity contribution in [2.75, 3.05) is 5.75 Å². The van der Waals surface area contributed by atoms with Gasteiger partial charge in [0, 0.05) is 29.9 Å². The van der Waals surface area contributed by atoms with Gasteiger partial charge in [-0.1, -0.05) is 23.9 Å². The maximum Gasteiger partial charge on any atom is 0.355 e. The number of thioether (sulfide) groups is 1. The van der Waals surface area contributed by atoms with E-state index in [0.717, 1.165) is 6.42 Å². The number of nitrogens with zero attached hydrogens (tertiary/aromatic N) is 1. The highest BCUT2D eigenvalue weighted by Crippen LogP contribution is 2.35. The summed E-state index contributed by atoms with van der Waals surface area (Å²) in [5.41, 5.74) is -0.984. The Morgan fingerprint density at radius 1 is 1.52 bits per heavy atom. The van der Waals surface area contributed by atoms with E-state index in [0.29, 0.717) is 35.8 Å². The molecular formula is C20H27F2NO4S2. The number of rotatable bonds is 12. The van der Waals surface area contributed by atoms with E-state index in [1.165, 1.54) is 28.5 Å². The number of aromatic carboxylic acids is 1. The quantitative estimate of drug-likeness (QED) is 0.344. The molecule has 1 aromatic heterocycles. The number of alkyl halides is 2. The topological polar surface area (TPSA) is 87.5 Å². The van der Waals surface area contributed by atoms with Crippen LogP contribution >= 0.6 is 23.1 Å². The van der Waals surface area contributed by atoms with Crippen LogP contribution in [0.15, 0.2) is 21.9 Å². The van der Waals surface area contributed by atoms with Crippen molar-refractivity contribution in [3.63, 3.8) is 0 Å². The van der Waals surface area contributed by atoms with E-state index >= 15 is 0 Å². The van der Waals surface area contributed by atoms with Crippen LogP contribution in [0.1, 0.15) is 62.4 Å². The molecule has 0 radical (unpaired) electrons. The van der Waals surface area contributed by atoms with Gasteiger partial charge in [-0.25, -0.2) is 18.6 Å². The Morgan fingerprint density at radius 2 is 2.28 bits per heavy atom. The van der Waals surface area contributed by atoms with Crippen molar-refractivity contribution in [3.8, 4) is 0 Å². The summed E-state index contributed by atoms with van der Waals surface area (Å²) < 4.78 is 25.1. The predicted molar refractivity (Wildman–Crippen MR) is 110 cm³/mol. The summed E-state index contributed by atoms with van der Waals surface area (Å²) in [5.74, 6) is -0.102. The van der Waals surface area contributed by atoms with Crippen molar-refractivity contribution in [3.05, 3.63) is 23.2 Å². The minimum atomic E-state index is -2.34. The van der Waals surface area contributed by atoms with Crippen molar-refractivity contribution >= 4 is 34.9 Å². The number of carbonyl (C=O) groups is 2. The van der Waals surface area contributed by atoms with Gasteiger partial charge in [-0.15, -0.1) is 11.3 Å². The predicted octanol–water partition coefficient (Wildman–Crippen LogP) is 5.05. The second-order valence-corrected chi connectivity index (χ2v) is 9.83. The molecule has 3 atom stereocenters. The zero-order valence-electron chi connectivity index (χ0n) is 16.4. The van der Waals surface area contributed by atoms with Crippen molar-refractivity contribution in [1.29, 1.82) is 0 Å². The van der Waals surface area contributed by atoms with Gasteiger partial charge in [0.2, 0.25) is 6.43 Å². The standard InChI is InChI=1S/C20H27F2NO4S2/c1-20(27,10-3-5-17(21)22)9-2-4-13-6-7-16(24)14(13)8-11-28-19-23-15(12-29-19)18(25)26/h2,4,12-14,17,27H,3,5-11H2,1H3,(H,25,26)/t13-,14+,20?/m0/s1. The molecule has 1 fully saturated rings. The van der Waals surface area contributed by atoms with Crippen molar-refractivity contribution < 1.29 is 28.6 Å². The maximum absolute atomic E-state index is 12.2. The molecule has 0 amide bonds. The Balaban J connectivity index is 1.79. The molecule has 0 saturated heterocycles. The molecule has 0 spiro atoms. The number of aliphatic hydroxyl groups is 1. The number of Topliss-reactive ketones (excluding diaryl/α,β-unsaturated/α-hetero) is 1. The molecule has 2 rings (SSSR count). The van der Waals surface area contributed by atoms with Gasteiger partial charge in [0.15, 0.2) is 10.0 Å². The van der Waals surface area contributed by atoms with Crippen molar-refractivity contribution in [2.24, 2.45) is 11.8 Å². The number of carboxylic acids is 1. The largest absolute Gasteiger partial charge is 0.476 e. The fourth-order valence-corrected chi connectivity index (χ4v) is 5.36. The number of halogens is 2. The maximum atomic E-state index is 12.2. The van der Waals surface area contributed by atoms with Gasteiger partial charge in [0.25, 0.3) is 0 Å². The van der Waals surface area contributed by atoms with Gasteiger partial charge in [-0.05, 0) is 44.9 Å². The highest BCUT2D eigenvalue weighted by atomic mass is 32.2. The third-order valence-electron chi connectivity index (χ3n) is 5.09. The van der Waals surface area contributed by atoms with E-state index in [1.807, 2.05) is 12.2 Å². The molecule has 2 N–H and O–H groups in total. The number of carbonyl (C=O) groups excluding carboxylic acids is 1. The summed E-state index contributed by atoms with van der Waals surface area (Å²) in [5, 5.41) is 20.7. The second-order valence-electron chi connectivity index (χ2n) is 7.63. The van der Waals surface area contributed by atoms with E-state index in [9.17, 15) is 23.5 Å². The number of carboxylic acid groups (broad SMARTS) is 1. The molecule has 1 unspecified atom stereocenters. The van der Waals surface area contributed by atoms with Gasteiger partial charge in [-0.3, -0.25) is 4.79 Å². The number of hydrogen-bond donors (Lipinski definition) is 2. The second kappa shape index (κ2) is 11.2. The van der Waals surface area contributed by atoms with Gasteiger partial charge in [-0.2, -0.15) is 0 Å². The molecule has 0 aliphatic heterocycles. The Hall–Kier alpha value is -1.32. The Morgan fingerprint density at radius 3 is 2.93 bits per heavy atom. The molecule has 5 nitrogen and oxygen atoms in total. The van der Waals surface area contributed by atoms with E-state index in [-0.39, 0.29) is 36.2 Å². The molecular weight excluding hydrogens is 420 g/mol. The fourth-order valence-electron chi connectivity index (χ4n) is 3.47. The lowest BCUT2D eigenvalue weighted by Gasteiger charge is -2.22. The van der Waals surface area contributed by atoms with E-state index in [4.69, 9.17) is 5.11 Å². The minimum absolute atomic E-state index is 0.0378. The summed E-state index contributed by atoms with van der Waals surface area (Å²) >= 11 is 2.74. The van der Waals surface area contributed by atoms with E-state index in [1.54, 1.807) is 6.92 Å². The van der Waals surface area contributed by atoms with Crippen LogP contribution in [-0.4, -0.2) is 44.7 Å². The molecule has 0 bridgehead atoms. The molecule has 29 heavy (non-hydrogen) atoms. The first-order chi connectivity index (χ1) is 13.7. The van der Waals surface area contributed by atoms with Crippen LogP contribution < -0.4 is 0 Å². The van der Waals surface area contributed by atoms with E-state index < -0.39 is 18.0 Å². The van der Waals surface area contributed by atoms with Crippen molar-refractivity contribution in [2.45, 2.75) is 68.2 Å². The summed E-state index contributed by atoms with van der Waals surface area (Å²) in [7, 11) is 0.